The van der Waals surface area contributed by atoms with Gasteiger partial charge in [0.1, 0.15) is 0 Å². The highest BCUT2D eigenvalue weighted by atomic mass is 127. The number of carbonyl (C=O) groups excluding carboxylic acids is 1. The summed E-state index contributed by atoms with van der Waals surface area (Å²) in [5, 5.41) is 9.23. The summed E-state index contributed by atoms with van der Waals surface area (Å²) in [5.74, 6) is 0.770. The first-order chi connectivity index (χ1) is 11.1. The van der Waals surface area contributed by atoms with Crippen LogP contribution in [0.25, 0.3) is 0 Å². The summed E-state index contributed by atoms with van der Waals surface area (Å²) in [6.45, 7) is 5.91. The maximum atomic E-state index is 11.6. The Morgan fingerprint density at radius 2 is 1.75 bits per heavy atom. The van der Waals surface area contributed by atoms with Crippen LogP contribution in [0.3, 0.4) is 0 Å². The number of hydrogen-bond donors (Lipinski definition) is 3. The van der Waals surface area contributed by atoms with Crippen LogP contribution in [-0.4, -0.2) is 50.8 Å². The average Bonchev–Trinajstić information content (AvgIpc) is 2.77. The predicted molar refractivity (Wildman–Crippen MR) is 110 cm³/mol. The molecule has 0 aliphatic heterocycles. The summed E-state index contributed by atoms with van der Waals surface area (Å²) in [5.41, 5.74) is 0. The third kappa shape index (κ3) is 11.9. The molecule has 1 rings (SSSR count). The number of nitrogens with zero attached hydrogens (tertiary/aromatic N) is 1. The molecule has 0 heterocycles. The van der Waals surface area contributed by atoms with E-state index in [-0.39, 0.29) is 35.9 Å². The van der Waals surface area contributed by atoms with Crippen LogP contribution in [0.5, 0.6) is 0 Å². The van der Waals surface area contributed by atoms with Crippen LogP contribution in [0.2, 0.25) is 0 Å². The molecule has 24 heavy (non-hydrogen) atoms. The molecule has 142 valence electrons. The van der Waals surface area contributed by atoms with Gasteiger partial charge in [0, 0.05) is 32.6 Å². The summed E-state index contributed by atoms with van der Waals surface area (Å²) in [4.78, 5) is 15.7. The molecule has 7 heteroatoms. The fourth-order valence-electron chi connectivity index (χ4n) is 2.71. The molecule has 1 aliphatic rings. The van der Waals surface area contributed by atoms with Crippen molar-refractivity contribution in [2.24, 2.45) is 4.99 Å². The van der Waals surface area contributed by atoms with Crippen molar-refractivity contribution >= 4 is 35.8 Å². The largest absolute Gasteiger partial charge is 0.376 e. The van der Waals surface area contributed by atoms with Crippen molar-refractivity contribution < 1.29 is 9.53 Å². The van der Waals surface area contributed by atoms with E-state index < -0.39 is 0 Å². The number of rotatable bonds is 8. The Labute approximate surface area is 164 Å². The molecular weight excluding hydrogens is 419 g/mol. The quantitative estimate of drug-likeness (QED) is 0.173. The van der Waals surface area contributed by atoms with Crippen molar-refractivity contribution in [3.05, 3.63) is 0 Å². The van der Waals surface area contributed by atoms with Gasteiger partial charge in [0.2, 0.25) is 5.91 Å². The first-order valence-corrected chi connectivity index (χ1v) is 8.97. The zero-order valence-corrected chi connectivity index (χ0v) is 17.7. The van der Waals surface area contributed by atoms with E-state index in [1.54, 1.807) is 7.05 Å². The molecule has 1 saturated carbocycles. The van der Waals surface area contributed by atoms with Gasteiger partial charge in [-0.05, 0) is 26.7 Å². The van der Waals surface area contributed by atoms with Gasteiger partial charge in [-0.3, -0.25) is 9.79 Å². The van der Waals surface area contributed by atoms with Crippen molar-refractivity contribution in [3.8, 4) is 0 Å². The van der Waals surface area contributed by atoms with E-state index >= 15 is 0 Å². The van der Waals surface area contributed by atoms with E-state index in [4.69, 9.17) is 4.74 Å². The highest BCUT2D eigenvalue weighted by Crippen LogP contribution is 2.19. The zero-order valence-electron chi connectivity index (χ0n) is 15.4. The molecule has 1 aliphatic carbocycles. The Balaban J connectivity index is 0.00000529. The second-order valence-electron chi connectivity index (χ2n) is 6.38. The second-order valence-corrected chi connectivity index (χ2v) is 6.38. The fraction of sp³-hybridized carbons (Fsp3) is 0.882. The van der Waals surface area contributed by atoms with Gasteiger partial charge in [-0.25, -0.2) is 0 Å². The molecule has 6 nitrogen and oxygen atoms in total. The summed E-state index contributed by atoms with van der Waals surface area (Å²) in [7, 11) is 1.73. The van der Waals surface area contributed by atoms with Gasteiger partial charge >= 0.3 is 0 Å². The molecule has 3 N–H and O–H groups in total. The van der Waals surface area contributed by atoms with Crippen LogP contribution in [0.4, 0.5) is 0 Å². The van der Waals surface area contributed by atoms with E-state index in [0.29, 0.717) is 31.6 Å². The summed E-state index contributed by atoms with van der Waals surface area (Å²) in [6.07, 6.45) is 8.53. The molecule has 0 unspecified atom stereocenters. The van der Waals surface area contributed by atoms with Crippen LogP contribution in [0.15, 0.2) is 4.99 Å². The predicted octanol–water partition coefficient (Wildman–Crippen LogP) is 2.42. The number of amides is 1. The SMILES string of the molecule is CN=C(NCCOC1CCCCCC1)NCCC(=O)NC(C)C.I. The van der Waals surface area contributed by atoms with E-state index in [1.165, 1.54) is 38.5 Å². The van der Waals surface area contributed by atoms with Crippen LogP contribution in [-0.2, 0) is 9.53 Å². The molecule has 0 bridgehead atoms. The van der Waals surface area contributed by atoms with Crippen LogP contribution >= 0.6 is 24.0 Å². The number of aliphatic imine (C=N–C) groups is 1. The van der Waals surface area contributed by atoms with E-state index in [2.05, 4.69) is 20.9 Å². The first kappa shape index (κ1) is 23.4. The molecule has 0 atom stereocenters. The maximum absolute atomic E-state index is 11.6. The number of halogens is 1. The molecule has 0 aromatic rings. The number of carbonyl (C=O) groups is 1. The van der Waals surface area contributed by atoms with Crippen LogP contribution in [0, 0.1) is 0 Å². The average molecular weight is 454 g/mol. The molecule has 0 aromatic carbocycles. The molecule has 0 aromatic heterocycles. The fourth-order valence-corrected chi connectivity index (χ4v) is 2.71. The minimum Gasteiger partial charge on any atom is -0.376 e. The Morgan fingerprint density at radius 3 is 2.33 bits per heavy atom. The standard InChI is InChI=1S/C17H34N4O2.HI/c1-14(2)21-16(22)10-11-19-17(18-3)20-12-13-23-15-8-6-4-5-7-9-15;/h14-15H,4-13H2,1-3H3,(H,21,22)(H2,18,19,20);1H. The Bertz CT molecular complexity index is 356. The second kappa shape index (κ2) is 14.7. The highest BCUT2D eigenvalue weighted by molar-refractivity contribution is 14.0. The molecular formula is C17H35IN4O2. The summed E-state index contributed by atoms with van der Waals surface area (Å²) >= 11 is 0. The summed E-state index contributed by atoms with van der Waals surface area (Å²) < 4.78 is 5.93. The third-order valence-corrected chi connectivity index (χ3v) is 3.87. The number of hydrogen-bond acceptors (Lipinski definition) is 3. The molecule has 0 radical (unpaired) electrons. The lowest BCUT2D eigenvalue weighted by molar-refractivity contribution is -0.121. The van der Waals surface area contributed by atoms with Gasteiger partial charge in [-0.15, -0.1) is 24.0 Å². The van der Waals surface area contributed by atoms with Crippen LogP contribution < -0.4 is 16.0 Å². The first-order valence-electron chi connectivity index (χ1n) is 8.97. The van der Waals surface area contributed by atoms with Gasteiger partial charge in [0.15, 0.2) is 5.96 Å². The zero-order chi connectivity index (χ0) is 16.9. The van der Waals surface area contributed by atoms with E-state index in [0.717, 1.165) is 6.54 Å². The number of guanidine groups is 1. The topological polar surface area (TPSA) is 74.8 Å². The minimum atomic E-state index is 0. The van der Waals surface area contributed by atoms with E-state index in [1.807, 2.05) is 13.8 Å². The Kier molecular flexibility index (Phi) is 14.4. The van der Waals surface area contributed by atoms with Crippen molar-refractivity contribution in [1.29, 1.82) is 0 Å². The minimum absolute atomic E-state index is 0. The Hall–Kier alpha value is -0.570. The normalized spacial score (nSPS) is 16.2. The van der Waals surface area contributed by atoms with Gasteiger partial charge < -0.3 is 20.7 Å². The number of ether oxygens (including phenoxy) is 1. The van der Waals surface area contributed by atoms with Crippen LogP contribution in [0.1, 0.15) is 58.8 Å². The molecule has 0 spiro atoms. The smallest absolute Gasteiger partial charge is 0.221 e. The van der Waals surface area contributed by atoms with Crippen molar-refractivity contribution in [2.45, 2.75) is 70.9 Å². The highest BCUT2D eigenvalue weighted by Gasteiger charge is 2.12. The van der Waals surface area contributed by atoms with Gasteiger partial charge in [-0.1, -0.05) is 25.7 Å². The molecule has 0 saturated heterocycles. The van der Waals surface area contributed by atoms with Crippen molar-refractivity contribution in [3.63, 3.8) is 0 Å². The monoisotopic (exact) mass is 454 g/mol. The van der Waals surface area contributed by atoms with Crippen molar-refractivity contribution in [1.82, 2.24) is 16.0 Å². The molecule has 1 amide bonds. The number of nitrogens with one attached hydrogen (secondary N) is 3. The maximum Gasteiger partial charge on any atom is 0.221 e. The van der Waals surface area contributed by atoms with Gasteiger partial charge in [0.05, 0.1) is 12.7 Å². The van der Waals surface area contributed by atoms with Gasteiger partial charge in [-0.2, -0.15) is 0 Å². The lowest BCUT2D eigenvalue weighted by Crippen LogP contribution is -2.41. The summed E-state index contributed by atoms with van der Waals surface area (Å²) in [6, 6.07) is 0.182. The Morgan fingerprint density at radius 1 is 1.12 bits per heavy atom. The van der Waals surface area contributed by atoms with Gasteiger partial charge in [0.25, 0.3) is 0 Å². The lowest BCUT2D eigenvalue weighted by Gasteiger charge is -2.17. The van der Waals surface area contributed by atoms with E-state index in [9.17, 15) is 4.79 Å². The van der Waals surface area contributed by atoms with Crippen molar-refractivity contribution in [2.75, 3.05) is 26.7 Å². The third-order valence-electron chi connectivity index (χ3n) is 3.87. The lowest BCUT2D eigenvalue weighted by atomic mass is 10.1. The molecule has 1 fully saturated rings.